The van der Waals surface area contributed by atoms with Crippen molar-refractivity contribution in [2.24, 2.45) is 4.99 Å². The largest absolute Gasteiger partial charge is 0.459 e. The Hall–Kier alpha value is -0.860. The fraction of sp³-hybridized carbons (Fsp3) is 0.500. The van der Waals surface area contributed by atoms with Gasteiger partial charge >= 0.3 is 5.97 Å². The molecule has 0 bridgehead atoms. The fourth-order valence-corrected chi connectivity index (χ4v) is 0.375. The van der Waals surface area contributed by atoms with E-state index in [0.717, 1.165) is 0 Å². The molecule has 0 radical (unpaired) electrons. The summed E-state index contributed by atoms with van der Waals surface area (Å²) in [5.41, 5.74) is 0. The summed E-state index contributed by atoms with van der Waals surface area (Å²) in [5, 5.41) is 0. The summed E-state index contributed by atoms with van der Waals surface area (Å²) in [6.45, 7) is 1.06. The van der Waals surface area contributed by atoms with Crippen LogP contribution in [0.25, 0.3) is 0 Å². The molecule has 7 heavy (non-hydrogen) atoms. The SMILES string of the molecule is O=C1C=NCCO1. The van der Waals surface area contributed by atoms with Gasteiger partial charge in [0, 0.05) is 0 Å². The summed E-state index contributed by atoms with van der Waals surface area (Å²) in [6.07, 6.45) is 1.20. The van der Waals surface area contributed by atoms with E-state index in [4.69, 9.17) is 0 Å². The van der Waals surface area contributed by atoms with E-state index >= 15 is 0 Å². The maximum Gasteiger partial charge on any atom is 0.348 e. The maximum atomic E-state index is 10.1. The highest BCUT2D eigenvalue weighted by Crippen LogP contribution is 1.82. The Balaban J connectivity index is 2.51. The third-order valence-corrected chi connectivity index (χ3v) is 0.661. The molecule has 0 spiro atoms. The van der Waals surface area contributed by atoms with Gasteiger partial charge in [-0.3, -0.25) is 4.99 Å². The molecule has 0 aromatic heterocycles. The first-order chi connectivity index (χ1) is 3.39. The molecule has 0 aromatic carbocycles. The Bertz CT molecular complexity index is 108. The van der Waals surface area contributed by atoms with Gasteiger partial charge in [-0.25, -0.2) is 4.79 Å². The molecule has 0 amide bonds. The van der Waals surface area contributed by atoms with Crippen LogP contribution in [-0.4, -0.2) is 25.3 Å². The first-order valence-electron chi connectivity index (χ1n) is 2.06. The summed E-state index contributed by atoms with van der Waals surface area (Å²) >= 11 is 0. The van der Waals surface area contributed by atoms with Gasteiger partial charge in [0.15, 0.2) is 0 Å². The number of carbonyl (C=O) groups is 1. The van der Waals surface area contributed by atoms with Gasteiger partial charge in [0.1, 0.15) is 12.8 Å². The van der Waals surface area contributed by atoms with Crippen molar-refractivity contribution in [1.82, 2.24) is 0 Å². The highest BCUT2D eigenvalue weighted by molar-refractivity contribution is 6.23. The number of hydrogen-bond acceptors (Lipinski definition) is 3. The molecule has 0 N–H and O–H groups in total. The summed E-state index contributed by atoms with van der Waals surface area (Å²) in [6, 6.07) is 0. The second-order valence-electron chi connectivity index (χ2n) is 1.20. The predicted octanol–water partition coefficient (Wildman–Crippen LogP) is -0.386. The molecule has 0 atom stereocenters. The third kappa shape index (κ3) is 0.994. The van der Waals surface area contributed by atoms with Crippen molar-refractivity contribution in [2.75, 3.05) is 13.2 Å². The lowest BCUT2D eigenvalue weighted by Gasteiger charge is -2.01. The molecule has 1 aliphatic heterocycles. The van der Waals surface area contributed by atoms with Crippen LogP contribution in [0.2, 0.25) is 0 Å². The highest BCUT2D eigenvalue weighted by atomic mass is 16.5. The summed E-state index contributed by atoms with van der Waals surface area (Å²) in [4.78, 5) is 13.8. The molecule has 0 unspecified atom stereocenters. The standard InChI is InChI=1S/C4H5NO2/c6-4-3-5-1-2-7-4/h3H,1-2H2. The molecule has 0 aromatic rings. The van der Waals surface area contributed by atoms with Gasteiger partial charge in [0.05, 0.1) is 6.54 Å². The van der Waals surface area contributed by atoms with Gasteiger partial charge in [0.2, 0.25) is 0 Å². The lowest BCUT2D eigenvalue weighted by atomic mass is 10.6. The zero-order valence-corrected chi connectivity index (χ0v) is 3.76. The van der Waals surface area contributed by atoms with Crippen LogP contribution in [0.5, 0.6) is 0 Å². The molecule has 3 nitrogen and oxygen atoms in total. The molecule has 38 valence electrons. The molecule has 1 aliphatic rings. The van der Waals surface area contributed by atoms with E-state index in [1.165, 1.54) is 6.21 Å². The number of aliphatic imine (C=N–C) groups is 1. The zero-order valence-electron chi connectivity index (χ0n) is 3.76. The van der Waals surface area contributed by atoms with Crippen molar-refractivity contribution in [3.05, 3.63) is 0 Å². The van der Waals surface area contributed by atoms with E-state index in [1.54, 1.807) is 0 Å². The van der Waals surface area contributed by atoms with E-state index in [1.807, 2.05) is 0 Å². The van der Waals surface area contributed by atoms with Crippen molar-refractivity contribution in [3.63, 3.8) is 0 Å². The molecule has 0 aliphatic carbocycles. The van der Waals surface area contributed by atoms with E-state index in [-0.39, 0.29) is 5.97 Å². The van der Waals surface area contributed by atoms with Gasteiger partial charge in [-0.1, -0.05) is 0 Å². The molecule has 0 fully saturated rings. The first-order valence-corrected chi connectivity index (χ1v) is 2.06. The second kappa shape index (κ2) is 1.73. The lowest BCUT2D eigenvalue weighted by molar-refractivity contribution is -0.135. The second-order valence-corrected chi connectivity index (χ2v) is 1.20. The van der Waals surface area contributed by atoms with Gasteiger partial charge in [-0.15, -0.1) is 0 Å². The predicted molar refractivity (Wildman–Crippen MR) is 24.3 cm³/mol. The van der Waals surface area contributed by atoms with Gasteiger partial charge in [-0.2, -0.15) is 0 Å². The Morgan fingerprint density at radius 3 is 3.00 bits per heavy atom. The van der Waals surface area contributed by atoms with Crippen molar-refractivity contribution in [1.29, 1.82) is 0 Å². The van der Waals surface area contributed by atoms with Gasteiger partial charge in [0.25, 0.3) is 0 Å². The molecule has 3 heteroatoms. The van der Waals surface area contributed by atoms with Crippen LogP contribution in [0, 0.1) is 0 Å². The first kappa shape index (κ1) is 4.30. The number of rotatable bonds is 0. The number of esters is 1. The van der Waals surface area contributed by atoms with Gasteiger partial charge < -0.3 is 4.74 Å². The summed E-state index contributed by atoms with van der Waals surface area (Å²) in [5.74, 6) is -0.328. The van der Waals surface area contributed by atoms with E-state index in [9.17, 15) is 4.79 Å². The normalized spacial score (nSPS) is 19.1. The molecular weight excluding hydrogens is 94.0 g/mol. The quantitative estimate of drug-likeness (QED) is 0.388. The number of carbonyl (C=O) groups excluding carboxylic acids is 1. The van der Waals surface area contributed by atoms with Crippen LogP contribution in [0.4, 0.5) is 0 Å². The average molecular weight is 99.1 g/mol. The Morgan fingerprint density at radius 2 is 2.71 bits per heavy atom. The van der Waals surface area contributed by atoms with Crippen LogP contribution in [0.1, 0.15) is 0 Å². The van der Waals surface area contributed by atoms with Crippen LogP contribution < -0.4 is 0 Å². The number of cyclic esters (lactones) is 1. The number of ether oxygens (including phenoxy) is 1. The maximum absolute atomic E-state index is 10.1. The van der Waals surface area contributed by atoms with Crippen molar-refractivity contribution in [2.45, 2.75) is 0 Å². The highest BCUT2D eigenvalue weighted by Gasteiger charge is 1.99. The van der Waals surface area contributed by atoms with Crippen LogP contribution in [0.15, 0.2) is 4.99 Å². The minimum atomic E-state index is -0.328. The lowest BCUT2D eigenvalue weighted by Crippen LogP contribution is -2.14. The topological polar surface area (TPSA) is 38.7 Å². The minimum absolute atomic E-state index is 0.328. The molecule has 1 rings (SSSR count). The summed E-state index contributed by atoms with van der Waals surface area (Å²) < 4.78 is 4.49. The number of hydrogen-bond donors (Lipinski definition) is 0. The smallest absolute Gasteiger partial charge is 0.348 e. The minimum Gasteiger partial charge on any atom is -0.459 e. The van der Waals surface area contributed by atoms with Crippen LogP contribution in [-0.2, 0) is 9.53 Å². The van der Waals surface area contributed by atoms with Crippen LogP contribution >= 0.6 is 0 Å². The Labute approximate surface area is 41.0 Å². The van der Waals surface area contributed by atoms with Crippen LogP contribution in [0.3, 0.4) is 0 Å². The Morgan fingerprint density at radius 1 is 1.86 bits per heavy atom. The van der Waals surface area contributed by atoms with E-state index in [2.05, 4.69) is 9.73 Å². The van der Waals surface area contributed by atoms with Crippen molar-refractivity contribution in [3.8, 4) is 0 Å². The molecule has 1 heterocycles. The van der Waals surface area contributed by atoms with Gasteiger partial charge in [-0.05, 0) is 0 Å². The monoisotopic (exact) mass is 99.0 g/mol. The fourth-order valence-electron chi connectivity index (χ4n) is 0.375. The van der Waals surface area contributed by atoms with E-state index in [0.29, 0.717) is 13.2 Å². The van der Waals surface area contributed by atoms with E-state index < -0.39 is 0 Å². The average Bonchev–Trinajstić information content (AvgIpc) is 1.69. The zero-order chi connectivity index (χ0) is 5.11. The number of nitrogens with zero attached hydrogens (tertiary/aromatic N) is 1. The third-order valence-electron chi connectivity index (χ3n) is 0.661. The molecular formula is C4H5NO2. The van der Waals surface area contributed by atoms with Crippen molar-refractivity contribution < 1.29 is 9.53 Å². The van der Waals surface area contributed by atoms with Crippen molar-refractivity contribution >= 4 is 12.2 Å². The molecule has 0 saturated carbocycles. The Kier molecular flexibility index (Phi) is 1.06. The summed E-state index contributed by atoms with van der Waals surface area (Å²) in [7, 11) is 0. The molecule has 0 saturated heterocycles.